The zero-order chi connectivity index (χ0) is 19.8. The van der Waals surface area contributed by atoms with Crippen molar-refractivity contribution < 1.29 is 19.1 Å². The Morgan fingerprint density at radius 2 is 2.11 bits per heavy atom. The van der Waals surface area contributed by atoms with E-state index in [4.69, 9.17) is 9.47 Å². The first-order chi connectivity index (χ1) is 13.6. The van der Waals surface area contributed by atoms with E-state index in [0.29, 0.717) is 36.4 Å². The highest BCUT2D eigenvalue weighted by Gasteiger charge is 2.16. The van der Waals surface area contributed by atoms with Crippen LogP contribution in [0.5, 0.6) is 5.75 Å². The molecule has 150 valence electrons. The van der Waals surface area contributed by atoms with Crippen molar-refractivity contribution in [1.29, 1.82) is 0 Å². The van der Waals surface area contributed by atoms with Crippen LogP contribution in [0, 0.1) is 0 Å². The number of benzene rings is 1. The van der Waals surface area contributed by atoms with Crippen LogP contribution < -0.4 is 10.1 Å². The van der Waals surface area contributed by atoms with Gasteiger partial charge in [0.25, 0.3) is 0 Å². The Labute approximate surface area is 169 Å². The van der Waals surface area contributed by atoms with E-state index >= 15 is 0 Å². The quantitative estimate of drug-likeness (QED) is 0.638. The summed E-state index contributed by atoms with van der Waals surface area (Å²) in [7, 11) is 0. The number of carbonyl (C=O) groups is 2. The Hall–Kier alpha value is -2.41. The van der Waals surface area contributed by atoms with Gasteiger partial charge in [0.05, 0.1) is 24.8 Å². The van der Waals surface area contributed by atoms with Crippen molar-refractivity contribution in [3.05, 3.63) is 40.9 Å². The minimum absolute atomic E-state index is 0.0980. The number of carbonyl (C=O) groups excluding carboxylic acids is 2. The molecule has 3 rings (SSSR count). The highest BCUT2D eigenvalue weighted by atomic mass is 32.1. The lowest BCUT2D eigenvalue weighted by Gasteiger charge is -2.13. The molecule has 6 nitrogen and oxygen atoms in total. The van der Waals surface area contributed by atoms with Crippen LogP contribution >= 0.6 is 11.3 Å². The maximum absolute atomic E-state index is 12.2. The van der Waals surface area contributed by atoms with Crippen LogP contribution in [0.2, 0.25) is 0 Å². The second-order valence-corrected chi connectivity index (χ2v) is 7.70. The molecule has 1 aromatic heterocycles. The predicted octanol–water partition coefficient (Wildman–Crippen LogP) is 4.14. The molecule has 1 aliphatic carbocycles. The number of hydrogen-bond donors (Lipinski definition) is 1. The highest BCUT2D eigenvalue weighted by molar-refractivity contribution is 7.13. The molecule has 1 aliphatic rings. The number of hydrogen-bond acceptors (Lipinski definition) is 6. The number of thiazole rings is 1. The molecular weight excluding hydrogens is 376 g/mol. The van der Waals surface area contributed by atoms with E-state index in [1.54, 1.807) is 12.3 Å². The maximum atomic E-state index is 12.2. The van der Waals surface area contributed by atoms with Crippen molar-refractivity contribution in [2.24, 2.45) is 0 Å². The molecule has 0 bridgehead atoms. The van der Waals surface area contributed by atoms with Gasteiger partial charge in [-0.1, -0.05) is 12.1 Å². The summed E-state index contributed by atoms with van der Waals surface area (Å²) in [6.07, 6.45) is 6.16. The average molecular weight is 403 g/mol. The summed E-state index contributed by atoms with van der Waals surface area (Å²) in [6, 6.07) is 7.98. The first kappa shape index (κ1) is 20.3. The first-order valence-electron chi connectivity index (χ1n) is 9.78. The summed E-state index contributed by atoms with van der Waals surface area (Å²) in [5.41, 5.74) is 1.68. The average Bonchev–Trinajstić information content (AvgIpc) is 3.33. The van der Waals surface area contributed by atoms with E-state index in [-0.39, 0.29) is 18.3 Å². The molecule has 1 amide bonds. The number of aryl methyl sites for hydroxylation is 1. The number of anilines is 1. The van der Waals surface area contributed by atoms with Gasteiger partial charge < -0.3 is 14.8 Å². The molecule has 0 spiro atoms. The standard InChI is InChI=1S/C21H26N2O4S/c1-2-26-20(25)13-16-14-28-21(22-16)23-19(24)11-10-15-6-5-9-18(12-15)27-17-7-3-4-8-17/h5-6,9,12,14,17H,2-4,7-8,10-11,13H2,1H3,(H,22,23,24). The molecule has 28 heavy (non-hydrogen) atoms. The Morgan fingerprint density at radius 3 is 2.89 bits per heavy atom. The van der Waals surface area contributed by atoms with Crippen LogP contribution in [-0.2, 0) is 27.2 Å². The van der Waals surface area contributed by atoms with Crippen molar-refractivity contribution >= 4 is 28.3 Å². The van der Waals surface area contributed by atoms with Gasteiger partial charge >= 0.3 is 5.97 Å². The monoisotopic (exact) mass is 402 g/mol. The molecular formula is C21H26N2O4S. The SMILES string of the molecule is CCOC(=O)Cc1csc(NC(=O)CCc2cccc(OC3CCCC3)c2)n1. The van der Waals surface area contributed by atoms with Crippen molar-refractivity contribution in [2.75, 3.05) is 11.9 Å². The second kappa shape index (κ2) is 10.2. The number of nitrogens with one attached hydrogen (secondary N) is 1. The Bertz CT molecular complexity index is 799. The third-order valence-corrected chi connectivity index (χ3v) is 5.38. The van der Waals surface area contributed by atoms with Crippen LogP contribution in [0.3, 0.4) is 0 Å². The zero-order valence-electron chi connectivity index (χ0n) is 16.1. The Morgan fingerprint density at radius 1 is 1.29 bits per heavy atom. The largest absolute Gasteiger partial charge is 0.490 e. The van der Waals surface area contributed by atoms with Crippen LogP contribution in [0.25, 0.3) is 0 Å². The molecule has 0 radical (unpaired) electrons. The normalized spacial score (nSPS) is 14.0. The van der Waals surface area contributed by atoms with Gasteiger partial charge in [0.1, 0.15) is 5.75 Å². The van der Waals surface area contributed by atoms with Gasteiger partial charge in [0, 0.05) is 11.8 Å². The van der Waals surface area contributed by atoms with E-state index in [0.717, 1.165) is 24.2 Å². The van der Waals surface area contributed by atoms with Crippen molar-refractivity contribution in [1.82, 2.24) is 4.98 Å². The predicted molar refractivity (Wildman–Crippen MR) is 109 cm³/mol. The molecule has 0 atom stereocenters. The summed E-state index contributed by atoms with van der Waals surface area (Å²) in [5, 5.41) is 5.06. The fourth-order valence-corrected chi connectivity index (χ4v) is 3.94. The molecule has 0 aliphatic heterocycles. The minimum Gasteiger partial charge on any atom is -0.490 e. The number of nitrogens with zero attached hydrogens (tertiary/aromatic N) is 1. The summed E-state index contributed by atoms with van der Waals surface area (Å²) >= 11 is 1.31. The minimum atomic E-state index is -0.314. The first-order valence-corrected chi connectivity index (χ1v) is 10.7. The summed E-state index contributed by atoms with van der Waals surface area (Å²) in [6.45, 7) is 2.11. The smallest absolute Gasteiger partial charge is 0.311 e. The van der Waals surface area contributed by atoms with Gasteiger partial charge in [-0.25, -0.2) is 4.98 Å². The zero-order valence-corrected chi connectivity index (χ0v) is 16.9. The van der Waals surface area contributed by atoms with E-state index in [2.05, 4.69) is 10.3 Å². The maximum Gasteiger partial charge on any atom is 0.311 e. The topological polar surface area (TPSA) is 77.5 Å². The second-order valence-electron chi connectivity index (χ2n) is 6.85. The molecule has 1 N–H and O–H groups in total. The fourth-order valence-electron chi connectivity index (χ4n) is 3.22. The van der Waals surface area contributed by atoms with Gasteiger partial charge in [-0.3, -0.25) is 9.59 Å². The van der Waals surface area contributed by atoms with E-state index in [1.807, 2.05) is 24.3 Å². The van der Waals surface area contributed by atoms with Gasteiger partial charge in [0.15, 0.2) is 5.13 Å². The number of esters is 1. The summed E-state index contributed by atoms with van der Waals surface area (Å²) in [4.78, 5) is 28.0. The molecule has 0 saturated heterocycles. The van der Waals surface area contributed by atoms with Gasteiger partial charge in [-0.15, -0.1) is 11.3 Å². The summed E-state index contributed by atoms with van der Waals surface area (Å²) < 4.78 is 10.9. The fraction of sp³-hybridized carbons (Fsp3) is 0.476. The molecule has 0 unspecified atom stereocenters. The third-order valence-electron chi connectivity index (χ3n) is 4.57. The number of ether oxygens (including phenoxy) is 2. The molecule has 1 saturated carbocycles. The molecule has 1 aromatic carbocycles. The Kier molecular flexibility index (Phi) is 7.42. The van der Waals surface area contributed by atoms with Gasteiger partial charge in [-0.05, 0) is 56.7 Å². The number of rotatable bonds is 9. The molecule has 1 fully saturated rings. The van der Waals surface area contributed by atoms with Crippen LogP contribution in [0.1, 0.15) is 50.3 Å². The van der Waals surface area contributed by atoms with E-state index in [1.165, 1.54) is 24.2 Å². The van der Waals surface area contributed by atoms with Crippen LogP contribution in [0.15, 0.2) is 29.6 Å². The van der Waals surface area contributed by atoms with E-state index < -0.39 is 0 Å². The highest BCUT2D eigenvalue weighted by Crippen LogP contribution is 2.25. The molecule has 1 heterocycles. The lowest BCUT2D eigenvalue weighted by atomic mass is 10.1. The summed E-state index contributed by atoms with van der Waals surface area (Å²) in [5.74, 6) is 0.470. The van der Waals surface area contributed by atoms with Gasteiger partial charge in [-0.2, -0.15) is 0 Å². The van der Waals surface area contributed by atoms with Gasteiger partial charge in [0.2, 0.25) is 5.91 Å². The van der Waals surface area contributed by atoms with Crippen molar-refractivity contribution in [3.8, 4) is 5.75 Å². The lowest BCUT2D eigenvalue weighted by Crippen LogP contribution is -2.13. The number of amides is 1. The number of aromatic nitrogens is 1. The van der Waals surface area contributed by atoms with E-state index in [9.17, 15) is 9.59 Å². The van der Waals surface area contributed by atoms with Crippen LogP contribution in [0.4, 0.5) is 5.13 Å². The van der Waals surface area contributed by atoms with Crippen molar-refractivity contribution in [3.63, 3.8) is 0 Å². The van der Waals surface area contributed by atoms with Crippen molar-refractivity contribution in [2.45, 2.75) is 58.0 Å². The molecule has 7 heteroatoms. The Balaban J connectivity index is 1.45. The lowest BCUT2D eigenvalue weighted by molar-refractivity contribution is -0.142. The third kappa shape index (κ3) is 6.34. The molecule has 2 aromatic rings. The van der Waals surface area contributed by atoms with Crippen LogP contribution in [-0.4, -0.2) is 29.6 Å².